The minimum atomic E-state index is -3.94. The summed E-state index contributed by atoms with van der Waals surface area (Å²) < 4.78 is 54.4. The van der Waals surface area contributed by atoms with Gasteiger partial charge < -0.3 is 5.73 Å². The quantitative estimate of drug-likeness (QED) is 0.845. The average molecular weight is 381 g/mol. The van der Waals surface area contributed by atoms with Crippen LogP contribution in [-0.2, 0) is 10.0 Å². The molecule has 0 aliphatic heterocycles. The van der Waals surface area contributed by atoms with E-state index in [1.54, 1.807) is 20.8 Å². The van der Waals surface area contributed by atoms with Crippen LogP contribution in [-0.4, -0.2) is 14.0 Å². The van der Waals surface area contributed by atoms with Gasteiger partial charge in [0.25, 0.3) is 10.0 Å². The minimum absolute atomic E-state index is 0.0250. The van der Waals surface area contributed by atoms with Gasteiger partial charge in [-0.05, 0) is 26.8 Å². The number of benzene rings is 1. The highest BCUT2D eigenvalue weighted by atomic mass is 35.5. The maximum absolute atomic E-state index is 14.0. The fraction of sp³-hybridized carbons (Fsp3) is 0.286. The molecule has 1 heterocycles. The van der Waals surface area contributed by atoms with E-state index in [0.29, 0.717) is 11.3 Å². The number of hydrogen-bond donors (Lipinski definition) is 2. The van der Waals surface area contributed by atoms with Gasteiger partial charge in [0.2, 0.25) is 0 Å². The lowest BCUT2D eigenvalue weighted by molar-refractivity contribution is 0.493. The van der Waals surface area contributed by atoms with Crippen LogP contribution in [0.4, 0.5) is 14.5 Å². The van der Waals surface area contributed by atoms with E-state index >= 15 is 0 Å². The fourth-order valence-electron chi connectivity index (χ4n) is 1.99. The van der Waals surface area contributed by atoms with Crippen molar-refractivity contribution in [3.05, 3.63) is 34.2 Å². The maximum atomic E-state index is 14.0. The lowest BCUT2D eigenvalue weighted by Crippen LogP contribution is -2.40. The Labute approximate surface area is 142 Å². The molecule has 0 aliphatic rings. The van der Waals surface area contributed by atoms with E-state index in [1.807, 2.05) is 0 Å². The van der Waals surface area contributed by atoms with Crippen molar-refractivity contribution in [2.75, 3.05) is 5.73 Å². The summed E-state index contributed by atoms with van der Waals surface area (Å²) in [5, 5.41) is 0. The first-order chi connectivity index (χ1) is 10.4. The molecule has 0 unspecified atom stereocenters. The zero-order valence-electron chi connectivity index (χ0n) is 12.6. The van der Waals surface area contributed by atoms with Gasteiger partial charge in [0.15, 0.2) is 15.8 Å². The number of nitrogen functional groups attached to an aromatic ring is 1. The van der Waals surface area contributed by atoms with Crippen molar-refractivity contribution >= 4 is 38.6 Å². The van der Waals surface area contributed by atoms with Crippen LogP contribution in [0.1, 0.15) is 20.8 Å². The number of thiophene rings is 1. The maximum Gasteiger partial charge on any atom is 0.252 e. The summed E-state index contributed by atoms with van der Waals surface area (Å²) >= 11 is 6.74. The van der Waals surface area contributed by atoms with Gasteiger partial charge in [0.1, 0.15) is 4.34 Å². The molecule has 0 amide bonds. The number of anilines is 1. The number of halogens is 3. The SMILES string of the molecule is CC(C)(C)NS(=O)(=O)c1sc(Cl)c(-c2cccc(F)c2F)c1N. The Bertz CT molecular complexity index is 858. The number of sulfonamides is 1. The third-order valence-electron chi connectivity index (χ3n) is 2.77. The van der Waals surface area contributed by atoms with Crippen LogP contribution in [0.25, 0.3) is 11.1 Å². The zero-order chi connectivity index (χ0) is 17.6. The monoisotopic (exact) mass is 380 g/mol. The van der Waals surface area contributed by atoms with Crippen molar-refractivity contribution in [2.45, 2.75) is 30.5 Å². The molecule has 0 fully saturated rings. The van der Waals surface area contributed by atoms with E-state index in [4.69, 9.17) is 17.3 Å². The highest BCUT2D eigenvalue weighted by Gasteiger charge is 2.30. The summed E-state index contributed by atoms with van der Waals surface area (Å²) in [6.45, 7) is 5.01. The molecule has 0 spiro atoms. The molecular formula is C14H15ClF2N2O2S2. The van der Waals surface area contributed by atoms with Crippen molar-refractivity contribution in [3.8, 4) is 11.1 Å². The predicted octanol–water partition coefficient (Wildman–Crippen LogP) is 4.01. The molecule has 1 aromatic carbocycles. The van der Waals surface area contributed by atoms with Crippen molar-refractivity contribution in [1.29, 1.82) is 0 Å². The molecule has 1 aromatic heterocycles. The van der Waals surface area contributed by atoms with Crippen molar-refractivity contribution < 1.29 is 17.2 Å². The molecule has 2 rings (SSSR count). The first-order valence-electron chi connectivity index (χ1n) is 6.50. The van der Waals surface area contributed by atoms with Gasteiger partial charge in [0.05, 0.1) is 5.69 Å². The summed E-state index contributed by atoms with van der Waals surface area (Å²) in [6.07, 6.45) is 0. The van der Waals surface area contributed by atoms with Crippen LogP contribution >= 0.6 is 22.9 Å². The van der Waals surface area contributed by atoms with Gasteiger partial charge >= 0.3 is 0 Å². The number of rotatable bonds is 3. The van der Waals surface area contributed by atoms with E-state index < -0.39 is 27.2 Å². The lowest BCUT2D eigenvalue weighted by atomic mass is 10.1. The van der Waals surface area contributed by atoms with Crippen LogP contribution in [0, 0.1) is 11.6 Å². The molecule has 0 atom stereocenters. The topological polar surface area (TPSA) is 72.2 Å². The Kier molecular flexibility index (Phi) is 4.74. The van der Waals surface area contributed by atoms with E-state index in [-0.39, 0.29) is 25.4 Å². The standard InChI is InChI=1S/C14H15ClF2N2O2S2/c1-14(2,3)19-23(20,21)13-11(18)9(12(15)22-13)7-5-4-6-8(16)10(7)17/h4-6,19H,18H2,1-3H3. The minimum Gasteiger partial charge on any atom is -0.396 e. The predicted molar refractivity (Wildman–Crippen MR) is 89.2 cm³/mol. The molecule has 0 bridgehead atoms. The first-order valence-corrected chi connectivity index (χ1v) is 9.18. The molecule has 0 saturated heterocycles. The number of nitrogens with one attached hydrogen (secondary N) is 1. The van der Waals surface area contributed by atoms with Gasteiger partial charge in [-0.2, -0.15) is 0 Å². The lowest BCUT2D eigenvalue weighted by Gasteiger charge is -2.19. The molecule has 2 aromatic rings. The normalized spacial score (nSPS) is 12.6. The van der Waals surface area contributed by atoms with Gasteiger partial charge in [-0.25, -0.2) is 21.9 Å². The fourth-order valence-corrected chi connectivity index (χ4v) is 5.37. The third kappa shape index (κ3) is 3.65. The molecule has 0 radical (unpaired) electrons. The molecule has 4 nitrogen and oxygen atoms in total. The van der Waals surface area contributed by atoms with Crippen molar-refractivity contribution in [2.24, 2.45) is 0 Å². The molecular weight excluding hydrogens is 366 g/mol. The summed E-state index contributed by atoms with van der Waals surface area (Å²) in [5.41, 5.74) is 4.74. The van der Waals surface area contributed by atoms with Gasteiger partial charge in [-0.3, -0.25) is 0 Å². The van der Waals surface area contributed by atoms with Crippen molar-refractivity contribution in [3.63, 3.8) is 0 Å². The van der Waals surface area contributed by atoms with Gasteiger partial charge in [0, 0.05) is 16.7 Å². The van der Waals surface area contributed by atoms with Crippen LogP contribution in [0.2, 0.25) is 4.34 Å². The molecule has 0 aliphatic carbocycles. The van der Waals surface area contributed by atoms with E-state index in [0.717, 1.165) is 6.07 Å². The first kappa shape index (κ1) is 18.1. The van der Waals surface area contributed by atoms with Gasteiger partial charge in [-0.1, -0.05) is 23.7 Å². The van der Waals surface area contributed by atoms with Crippen LogP contribution in [0.3, 0.4) is 0 Å². The highest BCUT2D eigenvalue weighted by Crippen LogP contribution is 2.45. The van der Waals surface area contributed by atoms with Crippen molar-refractivity contribution in [1.82, 2.24) is 4.72 Å². The summed E-state index contributed by atoms with van der Waals surface area (Å²) in [4.78, 5) is 0. The van der Waals surface area contributed by atoms with E-state index in [1.165, 1.54) is 12.1 Å². The Morgan fingerprint density at radius 2 is 1.87 bits per heavy atom. The largest absolute Gasteiger partial charge is 0.396 e. The Morgan fingerprint density at radius 3 is 2.43 bits per heavy atom. The molecule has 0 saturated carbocycles. The Balaban J connectivity index is 2.64. The molecule has 9 heteroatoms. The smallest absolute Gasteiger partial charge is 0.252 e. The number of hydrogen-bond acceptors (Lipinski definition) is 4. The molecule has 126 valence electrons. The summed E-state index contributed by atoms with van der Waals surface area (Å²) in [5.74, 6) is -2.20. The molecule has 3 N–H and O–H groups in total. The van der Waals surface area contributed by atoms with Crippen LogP contribution in [0.15, 0.2) is 22.4 Å². The zero-order valence-corrected chi connectivity index (χ0v) is 15.0. The van der Waals surface area contributed by atoms with E-state index in [9.17, 15) is 17.2 Å². The second-order valence-electron chi connectivity index (χ2n) is 5.91. The van der Waals surface area contributed by atoms with Gasteiger partial charge in [-0.15, -0.1) is 11.3 Å². The molecule has 23 heavy (non-hydrogen) atoms. The van der Waals surface area contributed by atoms with Crippen LogP contribution in [0.5, 0.6) is 0 Å². The Hall–Kier alpha value is -1.22. The highest BCUT2D eigenvalue weighted by molar-refractivity contribution is 7.92. The van der Waals surface area contributed by atoms with Crippen LogP contribution < -0.4 is 10.5 Å². The summed E-state index contributed by atoms with van der Waals surface area (Å²) in [7, 11) is -3.94. The third-order valence-corrected chi connectivity index (χ3v) is 6.48. The summed E-state index contributed by atoms with van der Waals surface area (Å²) in [6, 6.07) is 3.53. The average Bonchev–Trinajstić information content (AvgIpc) is 2.67. The second-order valence-corrected chi connectivity index (χ2v) is 9.41. The van der Waals surface area contributed by atoms with E-state index in [2.05, 4.69) is 4.72 Å². The Morgan fingerprint density at radius 1 is 1.26 bits per heavy atom. The second kappa shape index (κ2) is 6.01. The number of nitrogens with two attached hydrogens (primary N) is 1.